The molecular formula is C10H17F3N2O2. The number of aliphatic hydroxyl groups is 1. The maximum Gasteiger partial charge on any atom is 0.405 e. The molecule has 2 N–H and O–H groups in total. The first-order valence-electron chi connectivity index (χ1n) is 5.63. The molecule has 1 saturated heterocycles. The Bertz CT molecular complexity index is 256. The fraction of sp³-hybridized carbons (Fsp3) is 0.900. The summed E-state index contributed by atoms with van der Waals surface area (Å²) >= 11 is 0. The summed E-state index contributed by atoms with van der Waals surface area (Å²) in [6.45, 7) is -0.356. The van der Waals surface area contributed by atoms with Gasteiger partial charge in [0.2, 0.25) is 0 Å². The molecule has 7 heteroatoms. The van der Waals surface area contributed by atoms with E-state index >= 15 is 0 Å². The second-order valence-electron chi connectivity index (χ2n) is 4.24. The number of alkyl halides is 3. The summed E-state index contributed by atoms with van der Waals surface area (Å²) in [6.07, 6.45) is -2.12. The molecule has 0 aromatic carbocycles. The maximum absolute atomic E-state index is 11.9. The lowest BCUT2D eigenvalue weighted by Crippen LogP contribution is -2.47. The molecule has 0 aromatic rings. The third-order valence-electron chi connectivity index (χ3n) is 2.78. The number of nitrogens with zero attached hydrogens (tertiary/aromatic N) is 1. The van der Waals surface area contributed by atoms with Crippen molar-refractivity contribution in [3.8, 4) is 0 Å². The van der Waals surface area contributed by atoms with Crippen LogP contribution in [0, 0.1) is 5.92 Å². The number of urea groups is 1. The highest BCUT2D eigenvalue weighted by atomic mass is 19.4. The van der Waals surface area contributed by atoms with Gasteiger partial charge in [0.25, 0.3) is 0 Å². The van der Waals surface area contributed by atoms with Gasteiger partial charge in [-0.3, -0.25) is 0 Å². The molecule has 0 spiro atoms. The number of piperidine rings is 1. The zero-order valence-corrected chi connectivity index (χ0v) is 9.46. The quantitative estimate of drug-likeness (QED) is 0.798. The van der Waals surface area contributed by atoms with Crippen LogP contribution in [-0.2, 0) is 0 Å². The van der Waals surface area contributed by atoms with Crippen molar-refractivity contribution in [3.63, 3.8) is 0 Å². The van der Waals surface area contributed by atoms with Crippen LogP contribution < -0.4 is 5.32 Å². The molecule has 0 radical (unpaired) electrons. The molecule has 1 rings (SSSR count). The predicted octanol–water partition coefficient (Wildman–Crippen LogP) is 1.35. The van der Waals surface area contributed by atoms with Crippen molar-refractivity contribution in [2.45, 2.75) is 25.4 Å². The third-order valence-corrected chi connectivity index (χ3v) is 2.78. The minimum atomic E-state index is -4.38. The van der Waals surface area contributed by atoms with Crippen LogP contribution in [0.4, 0.5) is 18.0 Å². The van der Waals surface area contributed by atoms with Crippen LogP contribution in [0.3, 0.4) is 0 Å². The van der Waals surface area contributed by atoms with Crippen LogP contribution in [-0.4, -0.2) is 48.5 Å². The number of carbonyl (C=O) groups is 1. The Morgan fingerprint density at radius 3 is 2.76 bits per heavy atom. The van der Waals surface area contributed by atoms with Gasteiger partial charge in [0, 0.05) is 19.7 Å². The highest BCUT2D eigenvalue weighted by molar-refractivity contribution is 5.74. The first-order valence-corrected chi connectivity index (χ1v) is 5.63. The number of amides is 2. The van der Waals surface area contributed by atoms with Crippen molar-refractivity contribution in [1.82, 2.24) is 10.2 Å². The molecule has 0 bridgehead atoms. The van der Waals surface area contributed by atoms with Crippen LogP contribution in [0.2, 0.25) is 0 Å². The second kappa shape index (κ2) is 6.09. The first kappa shape index (κ1) is 14.1. The largest absolute Gasteiger partial charge is 0.405 e. The molecule has 1 fully saturated rings. The summed E-state index contributed by atoms with van der Waals surface area (Å²) in [7, 11) is 0. The lowest BCUT2D eigenvalue weighted by atomic mass is 9.95. The highest BCUT2D eigenvalue weighted by Gasteiger charge is 2.30. The molecule has 1 unspecified atom stereocenters. The monoisotopic (exact) mass is 254 g/mol. The van der Waals surface area contributed by atoms with Crippen LogP contribution in [0.15, 0.2) is 0 Å². The van der Waals surface area contributed by atoms with Gasteiger partial charge in [-0.25, -0.2) is 4.79 Å². The van der Waals surface area contributed by atoms with Gasteiger partial charge in [-0.2, -0.15) is 13.2 Å². The van der Waals surface area contributed by atoms with Crippen molar-refractivity contribution in [2.24, 2.45) is 5.92 Å². The number of nitrogens with one attached hydrogen (secondary N) is 1. The minimum absolute atomic E-state index is 0.0443. The Balaban J connectivity index is 2.36. The molecule has 0 aliphatic carbocycles. The molecule has 0 aromatic heterocycles. The fourth-order valence-corrected chi connectivity index (χ4v) is 1.96. The van der Waals surface area contributed by atoms with Gasteiger partial charge in [0.15, 0.2) is 0 Å². The molecule has 2 amide bonds. The molecule has 1 heterocycles. The van der Waals surface area contributed by atoms with Crippen LogP contribution >= 0.6 is 0 Å². The van der Waals surface area contributed by atoms with Gasteiger partial charge >= 0.3 is 12.2 Å². The summed E-state index contributed by atoms with van der Waals surface area (Å²) < 4.78 is 35.7. The van der Waals surface area contributed by atoms with E-state index in [4.69, 9.17) is 5.11 Å². The molecule has 0 saturated carbocycles. The van der Waals surface area contributed by atoms with E-state index in [1.54, 1.807) is 0 Å². The van der Waals surface area contributed by atoms with E-state index in [2.05, 4.69) is 0 Å². The third kappa shape index (κ3) is 5.25. The van der Waals surface area contributed by atoms with Gasteiger partial charge in [-0.15, -0.1) is 0 Å². The van der Waals surface area contributed by atoms with Crippen molar-refractivity contribution >= 4 is 6.03 Å². The normalized spacial score (nSPS) is 21.4. The van der Waals surface area contributed by atoms with E-state index in [0.29, 0.717) is 19.5 Å². The maximum atomic E-state index is 11.9. The Morgan fingerprint density at radius 1 is 1.47 bits per heavy atom. The topological polar surface area (TPSA) is 52.6 Å². The average Bonchev–Trinajstić information content (AvgIpc) is 2.26. The van der Waals surface area contributed by atoms with Crippen LogP contribution in [0.5, 0.6) is 0 Å². The number of rotatable bonds is 3. The number of hydrogen-bond donors (Lipinski definition) is 2. The number of halogens is 3. The van der Waals surface area contributed by atoms with E-state index in [0.717, 1.165) is 12.8 Å². The van der Waals surface area contributed by atoms with Crippen molar-refractivity contribution in [3.05, 3.63) is 0 Å². The molecule has 17 heavy (non-hydrogen) atoms. The molecule has 1 atom stereocenters. The lowest BCUT2D eigenvalue weighted by Gasteiger charge is -2.32. The molecule has 4 nitrogen and oxygen atoms in total. The fourth-order valence-electron chi connectivity index (χ4n) is 1.96. The minimum Gasteiger partial charge on any atom is -0.396 e. The second-order valence-corrected chi connectivity index (χ2v) is 4.24. The van der Waals surface area contributed by atoms with E-state index < -0.39 is 18.8 Å². The van der Waals surface area contributed by atoms with Gasteiger partial charge in [0.1, 0.15) is 6.54 Å². The zero-order chi connectivity index (χ0) is 12.9. The van der Waals surface area contributed by atoms with E-state index in [1.165, 1.54) is 4.90 Å². The van der Waals surface area contributed by atoms with Crippen molar-refractivity contribution in [1.29, 1.82) is 0 Å². The van der Waals surface area contributed by atoms with E-state index in [9.17, 15) is 18.0 Å². The number of aliphatic hydroxyl groups excluding tert-OH is 1. The first-order chi connectivity index (χ1) is 7.92. The molecule has 100 valence electrons. The summed E-state index contributed by atoms with van der Waals surface area (Å²) in [5.41, 5.74) is 0. The van der Waals surface area contributed by atoms with Gasteiger partial charge in [-0.05, 0) is 25.2 Å². The Hall–Kier alpha value is -0.980. The molecular weight excluding hydrogens is 237 g/mol. The van der Waals surface area contributed by atoms with Crippen LogP contribution in [0.25, 0.3) is 0 Å². The van der Waals surface area contributed by atoms with Gasteiger partial charge in [0.05, 0.1) is 0 Å². The summed E-state index contributed by atoms with van der Waals surface area (Å²) in [4.78, 5) is 12.8. The Kier molecular flexibility index (Phi) is 5.04. The Labute approximate surface area is 97.8 Å². The van der Waals surface area contributed by atoms with Crippen molar-refractivity contribution < 1.29 is 23.1 Å². The smallest absolute Gasteiger partial charge is 0.396 e. The standard InChI is InChI=1S/C10H17F3N2O2/c11-10(12,13)7-14-9(17)15-4-1-2-8(6-15)3-5-16/h8,16H,1-7H2,(H,14,17). The zero-order valence-electron chi connectivity index (χ0n) is 9.46. The molecule has 1 aliphatic heterocycles. The number of hydrogen-bond acceptors (Lipinski definition) is 2. The summed E-state index contributed by atoms with van der Waals surface area (Å²) in [5.74, 6) is 0.186. The molecule has 1 aliphatic rings. The van der Waals surface area contributed by atoms with Gasteiger partial charge in [-0.1, -0.05) is 0 Å². The summed E-state index contributed by atoms with van der Waals surface area (Å²) in [5, 5.41) is 10.6. The highest BCUT2D eigenvalue weighted by Crippen LogP contribution is 2.19. The number of likely N-dealkylation sites (tertiary alicyclic amines) is 1. The van der Waals surface area contributed by atoms with Gasteiger partial charge < -0.3 is 15.3 Å². The Morgan fingerprint density at radius 2 is 2.18 bits per heavy atom. The SMILES string of the molecule is O=C(NCC(F)(F)F)N1CCCC(CCO)C1. The lowest BCUT2D eigenvalue weighted by molar-refractivity contribution is -0.123. The van der Waals surface area contributed by atoms with E-state index in [1.807, 2.05) is 5.32 Å². The van der Waals surface area contributed by atoms with Crippen LogP contribution in [0.1, 0.15) is 19.3 Å². The van der Waals surface area contributed by atoms with E-state index in [-0.39, 0.29) is 12.5 Å². The predicted molar refractivity (Wildman–Crippen MR) is 55.5 cm³/mol. The van der Waals surface area contributed by atoms with Crippen molar-refractivity contribution in [2.75, 3.05) is 26.2 Å². The number of carbonyl (C=O) groups excluding carboxylic acids is 1. The average molecular weight is 254 g/mol. The summed E-state index contributed by atoms with van der Waals surface area (Å²) in [6, 6.07) is -0.676.